The fraction of sp³-hybridized carbons (Fsp3) is 0.190. The molecule has 0 spiro atoms. The van der Waals surface area contributed by atoms with Crippen LogP contribution in [-0.2, 0) is 9.59 Å². The largest absolute Gasteiger partial charge is 0.328 e. The Kier molecular flexibility index (Phi) is 5.78. The second-order valence-corrected chi connectivity index (χ2v) is 6.70. The van der Waals surface area contributed by atoms with Gasteiger partial charge in [0.25, 0.3) is 5.69 Å². The number of benzene rings is 2. The summed E-state index contributed by atoms with van der Waals surface area (Å²) in [5.41, 5.74) is 1.84. The summed E-state index contributed by atoms with van der Waals surface area (Å²) >= 11 is 0. The number of non-ortho nitro benzene ring substituents is 1. The fourth-order valence-corrected chi connectivity index (χ4v) is 3.33. The Bertz CT molecular complexity index is 1070. The van der Waals surface area contributed by atoms with Crippen LogP contribution in [0.5, 0.6) is 0 Å². The van der Waals surface area contributed by atoms with Crippen LogP contribution in [0.3, 0.4) is 0 Å². The zero-order chi connectivity index (χ0) is 21.8. The summed E-state index contributed by atoms with van der Waals surface area (Å²) in [5.74, 6) is -0.460. The van der Waals surface area contributed by atoms with E-state index >= 15 is 0 Å². The zero-order valence-electron chi connectivity index (χ0n) is 16.5. The maximum Gasteiger partial charge on any atom is 0.271 e. The highest BCUT2D eigenvalue weighted by Gasteiger charge is 2.31. The van der Waals surface area contributed by atoms with Gasteiger partial charge in [-0.05, 0) is 18.2 Å². The van der Waals surface area contributed by atoms with Gasteiger partial charge >= 0.3 is 0 Å². The van der Waals surface area contributed by atoms with Crippen LogP contribution in [0.25, 0.3) is 0 Å². The number of hydrogen-bond acceptors (Lipinski definition) is 7. The summed E-state index contributed by atoms with van der Waals surface area (Å²) in [5, 5.41) is 23.0. The standard InChI is InChI=1S/C21H19N5O4/c1-24-17-8-3-4-9-18(17)25(2)21(24)16(13-22)19(27)10-11-20(28)23-14-6-5-7-15(12-14)26(29)30/h3-9,12H,10-11H2,1-2H3,(H,23,28). The van der Waals surface area contributed by atoms with E-state index in [1.807, 2.05) is 30.3 Å². The number of fused-ring (bicyclic) bond motifs is 1. The third kappa shape index (κ3) is 3.98. The molecule has 0 radical (unpaired) electrons. The lowest BCUT2D eigenvalue weighted by Gasteiger charge is -2.19. The number of Topliss-reactive ketones (excluding diaryl/α,β-unsaturated/α-hetero) is 1. The predicted octanol–water partition coefficient (Wildman–Crippen LogP) is 3.20. The first kappa shape index (κ1) is 20.5. The van der Waals surface area contributed by atoms with Gasteiger partial charge in [-0.3, -0.25) is 19.7 Å². The Hall–Kier alpha value is -4.19. The number of carbonyl (C=O) groups excluding carboxylic acids is 2. The minimum atomic E-state index is -0.558. The molecule has 2 aromatic carbocycles. The number of allylic oxidation sites excluding steroid dienone is 1. The van der Waals surface area contributed by atoms with E-state index in [1.165, 1.54) is 24.3 Å². The second kappa shape index (κ2) is 8.45. The number of amides is 1. The van der Waals surface area contributed by atoms with Crippen molar-refractivity contribution >= 4 is 34.4 Å². The molecular weight excluding hydrogens is 386 g/mol. The van der Waals surface area contributed by atoms with Crippen molar-refractivity contribution in [3.05, 3.63) is 70.0 Å². The molecule has 0 saturated heterocycles. The number of para-hydroxylation sites is 2. The molecule has 0 saturated carbocycles. The first-order chi connectivity index (χ1) is 14.3. The summed E-state index contributed by atoms with van der Waals surface area (Å²) in [7, 11) is 3.55. The first-order valence-electron chi connectivity index (χ1n) is 9.12. The molecule has 1 amide bonds. The van der Waals surface area contributed by atoms with Gasteiger partial charge in [0.2, 0.25) is 5.91 Å². The molecule has 0 unspecified atom stereocenters. The molecule has 9 heteroatoms. The second-order valence-electron chi connectivity index (χ2n) is 6.70. The van der Waals surface area contributed by atoms with Gasteiger partial charge in [0.1, 0.15) is 17.5 Å². The molecule has 9 nitrogen and oxygen atoms in total. The van der Waals surface area contributed by atoms with Crippen molar-refractivity contribution in [2.75, 3.05) is 29.2 Å². The van der Waals surface area contributed by atoms with Gasteiger partial charge in [-0.15, -0.1) is 0 Å². The van der Waals surface area contributed by atoms with Crippen LogP contribution < -0.4 is 15.1 Å². The summed E-state index contributed by atoms with van der Waals surface area (Å²) in [6, 6.07) is 15.0. The van der Waals surface area contributed by atoms with E-state index in [0.29, 0.717) is 5.82 Å². The van der Waals surface area contributed by atoms with Crippen LogP contribution in [0.4, 0.5) is 22.7 Å². The van der Waals surface area contributed by atoms with E-state index in [4.69, 9.17) is 0 Å². The Morgan fingerprint density at radius 2 is 1.70 bits per heavy atom. The van der Waals surface area contributed by atoms with E-state index in [-0.39, 0.29) is 29.8 Å². The van der Waals surface area contributed by atoms with E-state index in [2.05, 4.69) is 5.32 Å². The molecule has 0 aliphatic carbocycles. The van der Waals surface area contributed by atoms with Crippen LogP contribution in [0.1, 0.15) is 12.8 Å². The highest BCUT2D eigenvalue weighted by molar-refractivity contribution is 6.04. The normalized spacial score (nSPS) is 12.2. The molecule has 30 heavy (non-hydrogen) atoms. The lowest BCUT2D eigenvalue weighted by Crippen LogP contribution is -2.26. The van der Waals surface area contributed by atoms with E-state index in [9.17, 15) is 25.0 Å². The highest BCUT2D eigenvalue weighted by atomic mass is 16.6. The Balaban J connectivity index is 1.70. The van der Waals surface area contributed by atoms with Gasteiger partial charge in [-0.2, -0.15) is 5.26 Å². The molecular formula is C21H19N5O4. The Morgan fingerprint density at radius 3 is 2.27 bits per heavy atom. The van der Waals surface area contributed by atoms with Crippen LogP contribution in [0.15, 0.2) is 59.9 Å². The molecule has 1 N–H and O–H groups in total. The number of rotatable bonds is 6. The smallest absolute Gasteiger partial charge is 0.271 e. The fourth-order valence-electron chi connectivity index (χ4n) is 3.33. The lowest BCUT2D eigenvalue weighted by molar-refractivity contribution is -0.384. The summed E-state index contributed by atoms with van der Waals surface area (Å²) < 4.78 is 0. The topological polar surface area (TPSA) is 120 Å². The average molecular weight is 405 g/mol. The molecule has 1 heterocycles. The minimum absolute atomic E-state index is 0.0284. The molecule has 0 aromatic heterocycles. The van der Waals surface area contributed by atoms with Gasteiger partial charge in [0.05, 0.1) is 16.3 Å². The van der Waals surface area contributed by atoms with Crippen LogP contribution >= 0.6 is 0 Å². The van der Waals surface area contributed by atoms with Crippen molar-refractivity contribution in [2.45, 2.75) is 12.8 Å². The van der Waals surface area contributed by atoms with Crippen molar-refractivity contribution in [3.63, 3.8) is 0 Å². The van der Waals surface area contributed by atoms with E-state index in [0.717, 1.165) is 11.4 Å². The van der Waals surface area contributed by atoms with Crippen molar-refractivity contribution in [1.82, 2.24) is 0 Å². The van der Waals surface area contributed by atoms with Crippen LogP contribution in [0, 0.1) is 21.4 Å². The molecule has 2 aromatic rings. The number of carbonyl (C=O) groups is 2. The molecule has 0 atom stereocenters. The monoisotopic (exact) mass is 405 g/mol. The molecule has 152 valence electrons. The maximum atomic E-state index is 12.7. The van der Waals surface area contributed by atoms with Gasteiger partial charge in [0.15, 0.2) is 5.78 Å². The third-order valence-electron chi connectivity index (χ3n) is 4.77. The van der Waals surface area contributed by atoms with Gasteiger partial charge < -0.3 is 15.1 Å². The predicted molar refractivity (Wildman–Crippen MR) is 112 cm³/mol. The number of ketones is 1. The van der Waals surface area contributed by atoms with Gasteiger partial charge in [-0.25, -0.2) is 0 Å². The summed E-state index contributed by atoms with van der Waals surface area (Å²) in [6.07, 6.45) is -0.314. The molecule has 1 aliphatic heterocycles. The van der Waals surface area contributed by atoms with Crippen molar-refractivity contribution < 1.29 is 14.5 Å². The Labute approximate surface area is 173 Å². The zero-order valence-corrected chi connectivity index (χ0v) is 16.5. The minimum Gasteiger partial charge on any atom is -0.328 e. The molecule has 0 bridgehead atoms. The van der Waals surface area contributed by atoms with Gasteiger partial charge in [-0.1, -0.05) is 18.2 Å². The van der Waals surface area contributed by atoms with E-state index in [1.54, 1.807) is 23.9 Å². The average Bonchev–Trinajstić information content (AvgIpc) is 2.98. The number of nitriles is 1. The van der Waals surface area contributed by atoms with Crippen molar-refractivity contribution in [3.8, 4) is 6.07 Å². The first-order valence-corrected chi connectivity index (χ1v) is 9.12. The number of nitrogens with zero attached hydrogens (tertiary/aromatic N) is 4. The quantitative estimate of drug-likeness (QED) is 0.339. The van der Waals surface area contributed by atoms with Crippen molar-refractivity contribution in [2.24, 2.45) is 0 Å². The van der Waals surface area contributed by atoms with Crippen LogP contribution in [-0.4, -0.2) is 30.7 Å². The number of nitrogens with one attached hydrogen (secondary N) is 1. The Morgan fingerprint density at radius 1 is 1.07 bits per heavy atom. The number of anilines is 3. The van der Waals surface area contributed by atoms with Crippen LogP contribution in [0.2, 0.25) is 0 Å². The number of hydrogen-bond donors (Lipinski definition) is 1. The SMILES string of the molecule is CN1C(=C(C#N)C(=O)CCC(=O)Nc2cccc([N+](=O)[O-])c2)N(C)c2ccccc21. The van der Waals surface area contributed by atoms with E-state index < -0.39 is 16.6 Å². The molecule has 3 rings (SSSR count). The number of nitro benzene ring substituents is 1. The maximum absolute atomic E-state index is 12.7. The molecule has 0 fully saturated rings. The van der Waals surface area contributed by atoms with Gasteiger partial charge in [0, 0.05) is 44.8 Å². The summed E-state index contributed by atoms with van der Waals surface area (Å²) in [4.78, 5) is 38.7. The van der Waals surface area contributed by atoms with Crippen molar-refractivity contribution in [1.29, 1.82) is 5.26 Å². The number of nitro groups is 1. The summed E-state index contributed by atoms with van der Waals surface area (Å²) in [6.45, 7) is 0. The highest BCUT2D eigenvalue weighted by Crippen LogP contribution is 2.40. The molecule has 1 aliphatic rings. The lowest BCUT2D eigenvalue weighted by atomic mass is 10.1. The third-order valence-corrected chi connectivity index (χ3v) is 4.77.